The number of carbonyl (C=O) groups is 1. The second-order valence-corrected chi connectivity index (χ2v) is 6.85. The quantitative estimate of drug-likeness (QED) is 0.911. The molecule has 6 heteroatoms. The number of nitrogens with zero attached hydrogens (tertiary/aromatic N) is 3. The lowest BCUT2D eigenvalue weighted by molar-refractivity contribution is -0.133. The predicted octanol–water partition coefficient (Wildman–Crippen LogP) is 1.14. The summed E-state index contributed by atoms with van der Waals surface area (Å²) in [5, 5.41) is 0. The summed E-state index contributed by atoms with van der Waals surface area (Å²) in [4.78, 5) is 35.3. The van der Waals surface area contributed by atoms with Gasteiger partial charge >= 0.3 is 0 Å². The Hall–Kier alpha value is -2.47. The molecule has 2 aliphatic heterocycles. The van der Waals surface area contributed by atoms with Gasteiger partial charge in [0.15, 0.2) is 0 Å². The molecule has 0 bridgehead atoms. The zero-order chi connectivity index (χ0) is 17.2. The summed E-state index contributed by atoms with van der Waals surface area (Å²) >= 11 is 0. The van der Waals surface area contributed by atoms with E-state index in [-0.39, 0.29) is 11.5 Å². The highest BCUT2D eigenvalue weighted by atomic mass is 16.2. The van der Waals surface area contributed by atoms with Gasteiger partial charge in [-0.2, -0.15) is 0 Å². The normalized spacial score (nSPS) is 20.5. The Kier molecular flexibility index (Phi) is 4.36. The van der Waals surface area contributed by atoms with Gasteiger partial charge in [-0.15, -0.1) is 0 Å². The minimum Gasteiger partial charge on any atom is -0.335 e. The summed E-state index contributed by atoms with van der Waals surface area (Å²) in [6.45, 7) is 3.36. The molecule has 130 valence electrons. The number of likely N-dealkylation sites (tertiary alicyclic amines) is 1. The van der Waals surface area contributed by atoms with Gasteiger partial charge in [0.25, 0.3) is 5.56 Å². The average Bonchev–Trinajstić information content (AvgIpc) is 3.11. The van der Waals surface area contributed by atoms with Gasteiger partial charge in [-0.1, -0.05) is 30.3 Å². The molecule has 3 heterocycles. The van der Waals surface area contributed by atoms with Gasteiger partial charge in [-0.25, -0.2) is 4.98 Å². The Morgan fingerprint density at radius 3 is 2.92 bits per heavy atom. The summed E-state index contributed by atoms with van der Waals surface area (Å²) in [6.07, 6.45) is 3.09. The van der Waals surface area contributed by atoms with E-state index in [1.807, 2.05) is 11.0 Å². The van der Waals surface area contributed by atoms with Crippen LogP contribution in [0.4, 0.5) is 0 Å². The van der Waals surface area contributed by atoms with E-state index in [1.165, 1.54) is 11.9 Å². The number of aromatic nitrogens is 2. The molecule has 0 aliphatic carbocycles. The summed E-state index contributed by atoms with van der Waals surface area (Å²) < 4.78 is 0. The van der Waals surface area contributed by atoms with Crippen molar-refractivity contribution in [2.24, 2.45) is 0 Å². The number of nitrogens with one attached hydrogen (secondary N) is 1. The van der Waals surface area contributed by atoms with E-state index in [0.29, 0.717) is 32.0 Å². The van der Waals surface area contributed by atoms with Crippen molar-refractivity contribution in [1.29, 1.82) is 0 Å². The van der Waals surface area contributed by atoms with Crippen LogP contribution in [0.15, 0.2) is 41.5 Å². The lowest BCUT2D eigenvalue weighted by atomic mass is 9.99. The molecular weight excluding hydrogens is 316 g/mol. The van der Waals surface area contributed by atoms with Crippen LogP contribution < -0.4 is 5.56 Å². The van der Waals surface area contributed by atoms with Crippen molar-refractivity contribution in [1.82, 2.24) is 19.8 Å². The van der Waals surface area contributed by atoms with E-state index in [9.17, 15) is 9.59 Å². The molecule has 2 aliphatic rings. The molecule has 25 heavy (non-hydrogen) atoms. The molecule has 1 N–H and O–H groups in total. The number of rotatable bonds is 3. The van der Waals surface area contributed by atoms with E-state index in [2.05, 4.69) is 39.1 Å². The molecular formula is C19H22N4O2. The maximum atomic E-state index is 12.7. The fraction of sp³-hybridized carbons (Fsp3) is 0.421. The van der Waals surface area contributed by atoms with Gasteiger partial charge in [0.05, 0.1) is 25.1 Å². The van der Waals surface area contributed by atoms with Gasteiger partial charge in [-0.3, -0.25) is 14.5 Å². The number of hydrogen-bond acceptors (Lipinski definition) is 4. The fourth-order valence-electron chi connectivity index (χ4n) is 3.84. The monoisotopic (exact) mass is 338 g/mol. The third-order valence-electron chi connectivity index (χ3n) is 5.27. The summed E-state index contributed by atoms with van der Waals surface area (Å²) in [5.41, 5.74) is 2.72. The van der Waals surface area contributed by atoms with Gasteiger partial charge < -0.3 is 9.88 Å². The molecule has 0 radical (unpaired) electrons. The lowest BCUT2D eigenvalue weighted by Gasteiger charge is -2.29. The number of carbonyl (C=O) groups excluding carboxylic acids is 1. The van der Waals surface area contributed by atoms with Crippen LogP contribution in [0.25, 0.3) is 0 Å². The Bertz CT molecular complexity index is 818. The van der Waals surface area contributed by atoms with Crippen LogP contribution in [0.1, 0.15) is 29.2 Å². The standard InChI is InChI=1S/C19H22N4O2/c24-18(23-9-7-16-17(11-23)20-13-21-19(16)25)12-22-8-6-15(10-22)14-4-2-1-3-5-14/h1-5,13,15H,6-12H2,(H,20,21,25). The second-order valence-electron chi connectivity index (χ2n) is 6.85. The molecule has 1 fully saturated rings. The van der Waals surface area contributed by atoms with Crippen molar-refractivity contribution in [2.45, 2.75) is 25.3 Å². The van der Waals surface area contributed by atoms with E-state index in [0.717, 1.165) is 30.8 Å². The number of fused-ring (bicyclic) bond motifs is 1. The second kappa shape index (κ2) is 6.80. The Labute approximate surface area is 146 Å². The molecule has 1 aromatic heterocycles. The van der Waals surface area contributed by atoms with Crippen molar-refractivity contribution >= 4 is 5.91 Å². The first-order valence-corrected chi connectivity index (χ1v) is 8.81. The van der Waals surface area contributed by atoms with Crippen molar-refractivity contribution in [3.63, 3.8) is 0 Å². The number of benzene rings is 1. The number of aromatic amines is 1. The Balaban J connectivity index is 1.36. The zero-order valence-electron chi connectivity index (χ0n) is 14.1. The topological polar surface area (TPSA) is 69.3 Å². The highest BCUT2D eigenvalue weighted by molar-refractivity contribution is 5.78. The van der Waals surface area contributed by atoms with Crippen LogP contribution in [0, 0.1) is 0 Å². The third kappa shape index (κ3) is 3.35. The van der Waals surface area contributed by atoms with E-state index in [4.69, 9.17) is 0 Å². The molecule has 1 amide bonds. The predicted molar refractivity (Wildman–Crippen MR) is 94.2 cm³/mol. The lowest BCUT2D eigenvalue weighted by Crippen LogP contribution is -2.43. The van der Waals surface area contributed by atoms with Crippen LogP contribution in [0.5, 0.6) is 0 Å². The minimum atomic E-state index is -0.0812. The Morgan fingerprint density at radius 1 is 1.24 bits per heavy atom. The molecule has 0 saturated carbocycles. The summed E-state index contributed by atoms with van der Waals surface area (Å²) in [5.74, 6) is 0.637. The molecule has 2 aromatic rings. The maximum absolute atomic E-state index is 12.7. The van der Waals surface area contributed by atoms with E-state index < -0.39 is 0 Å². The SMILES string of the molecule is O=C(CN1CCC(c2ccccc2)C1)N1CCc2c(nc[nH]c2=O)C1. The average molecular weight is 338 g/mol. The van der Waals surface area contributed by atoms with Gasteiger partial charge in [-0.05, 0) is 30.9 Å². The van der Waals surface area contributed by atoms with Crippen LogP contribution in [-0.4, -0.2) is 51.9 Å². The minimum absolute atomic E-state index is 0.0812. The highest BCUT2D eigenvalue weighted by Crippen LogP contribution is 2.27. The van der Waals surface area contributed by atoms with Gasteiger partial charge in [0.1, 0.15) is 0 Å². The van der Waals surface area contributed by atoms with Crippen molar-refractivity contribution < 1.29 is 4.79 Å². The van der Waals surface area contributed by atoms with Gasteiger partial charge in [0, 0.05) is 18.7 Å². The first-order valence-electron chi connectivity index (χ1n) is 8.81. The largest absolute Gasteiger partial charge is 0.335 e. The van der Waals surface area contributed by atoms with Crippen molar-refractivity contribution in [2.75, 3.05) is 26.2 Å². The van der Waals surface area contributed by atoms with Crippen molar-refractivity contribution in [3.8, 4) is 0 Å². The molecule has 1 aromatic carbocycles. The number of H-pyrrole nitrogens is 1. The molecule has 1 atom stereocenters. The smallest absolute Gasteiger partial charge is 0.254 e. The first kappa shape index (κ1) is 16.0. The van der Waals surface area contributed by atoms with Crippen molar-refractivity contribution in [3.05, 3.63) is 63.8 Å². The zero-order valence-corrected chi connectivity index (χ0v) is 14.1. The molecule has 6 nitrogen and oxygen atoms in total. The van der Waals surface area contributed by atoms with Crippen LogP contribution in [0.3, 0.4) is 0 Å². The first-order chi connectivity index (χ1) is 12.2. The molecule has 1 unspecified atom stereocenters. The van der Waals surface area contributed by atoms with Crippen LogP contribution in [0.2, 0.25) is 0 Å². The van der Waals surface area contributed by atoms with E-state index >= 15 is 0 Å². The molecule has 4 rings (SSSR count). The van der Waals surface area contributed by atoms with Crippen LogP contribution >= 0.6 is 0 Å². The van der Waals surface area contributed by atoms with E-state index in [1.54, 1.807) is 0 Å². The summed E-state index contributed by atoms with van der Waals surface area (Å²) in [6, 6.07) is 10.5. The molecule has 0 spiro atoms. The summed E-state index contributed by atoms with van der Waals surface area (Å²) in [7, 11) is 0. The van der Waals surface area contributed by atoms with Gasteiger partial charge in [0.2, 0.25) is 5.91 Å². The fourth-order valence-corrected chi connectivity index (χ4v) is 3.84. The third-order valence-corrected chi connectivity index (χ3v) is 5.27. The number of hydrogen-bond donors (Lipinski definition) is 1. The highest BCUT2D eigenvalue weighted by Gasteiger charge is 2.28. The Morgan fingerprint density at radius 2 is 2.08 bits per heavy atom. The van der Waals surface area contributed by atoms with Crippen LogP contribution in [-0.2, 0) is 17.8 Å². The number of amides is 1. The maximum Gasteiger partial charge on any atom is 0.254 e. The molecule has 1 saturated heterocycles.